The average Bonchev–Trinajstić information content (AvgIpc) is 2.97. The molecule has 29 heavy (non-hydrogen) atoms. The van der Waals surface area contributed by atoms with Crippen LogP contribution in [-0.2, 0) is 25.4 Å². The first-order valence-electron chi connectivity index (χ1n) is 9.06. The molecular weight excluding hydrogens is 423 g/mol. The number of carbonyl (C=O) groups excluding carboxylic acids is 1. The topological polar surface area (TPSA) is 58.1 Å². The third kappa shape index (κ3) is 3.52. The minimum absolute atomic E-state index is 0.000370. The lowest BCUT2D eigenvalue weighted by Gasteiger charge is -2.17. The smallest absolute Gasteiger partial charge is 0.392 e. The average molecular weight is 441 g/mol. The zero-order valence-electron chi connectivity index (χ0n) is 15.6. The minimum atomic E-state index is -3.14. The van der Waals surface area contributed by atoms with Crippen LogP contribution in [-0.4, -0.2) is 37.7 Å². The number of carbonyl (C=O) groups is 1. The van der Waals surface area contributed by atoms with Gasteiger partial charge < -0.3 is 5.11 Å². The Morgan fingerprint density at radius 3 is 2.79 bits per heavy atom. The van der Waals surface area contributed by atoms with Crippen LogP contribution >= 0.6 is 23.2 Å². The van der Waals surface area contributed by atoms with E-state index >= 15 is 0 Å². The van der Waals surface area contributed by atoms with Crippen molar-refractivity contribution in [2.45, 2.75) is 38.8 Å². The van der Waals surface area contributed by atoms with Crippen molar-refractivity contribution in [3.63, 3.8) is 0 Å². The molecule has 0 bridgehead atoms. The lowest BCUT2D eigenvalue weighted by atomic mass is 9.99. The number of aromatic nitrogens is 2. The van der Waals surface area contributed by atoms with Crippen molar-refractivity contribution in [1.82, 2.24) is 9.78 Å². The van der Waals surface area contributed by atoms with Gasteiger partial charge in [0.25, 0.3) is 5.92 Å². The van der Waals surface area contributed by atoms with E-state index in [9.17, 15) is 18.7 Å². The summed E-state index contributed by atoms with van der Waals surface area (Å²) in [6.45, 7) is 1.58. The lowest BCUT2D eigenvalue weighted by molar-refractivity contribution is -0.449. The van der Waals surface area contributed by atoms with E-state index < -0.39 is 12.3 Å². The maximum Gasteiger partial charge on any atom is 0.419 e. The van der Waals surface area contributed by atoms with Gasteiger partial charge in [0.05, 0.1) is 46.4 Å². The molecule has 0 spiro atoms. The molecule has 3 heterocycles. The summed E-state index contributed by atoms with van der Waals surface area (Å²) < 4.78 is 32.6. The van der Waals surface area contributed by atoms with Gasteiger partial charge in [-0.2, -0.15) is 18.5 Å². The molecule has 4 rings (SSSR count). The number of aliphatic hydroxyl groups excluding tert-OH is 1. The number of aliphatic hydroxyl groups is 1. The van der Waals surface area contributed by atoms with E-state index in [0.717, 1.165) is 0 Å². The summed E-state index contributed by atoms with van der Waals surface area (Å²) >= 11 is 11.9. The van der Waals surface area contributed by atoms with Gasteiger partial charge in [-0.15, -0.1) is 0 Å². The molecule has 152 valence electrons. The van der Waals surface area contributed by atoms with Crippen LogP contribution in [0.15, 0.2) is 29.8 Å². The number of alkyl halides is 2. The van der Waals surface area contributed by atoms with Crippen LogP contribution in [0.4, 0.5) is 8.78 Å². The van der Waals surface area contributed by atoms with E-state index in [-0.39, 0.29) is 42.7 Å². The number of hydrogen-bond acceptors (Lipinski definition) is 3. The summed E-state index contributed by atoms with van der Waals surface area (Å²) in [5, 5.41) is 14.4. The minimum Gasteiger partial charge on any atom is -0.392 e. The quantitative estimate of drug-likeness (QED) is 0.567. The Morgan fingerprint density at radius 2 is 2.10 bits per heavy atom. The molecule has 2 aliphatic heterocycles. The Morgan fingerprint density at radius 1 is 1.34 bits per heavy atom. The van der Waals surface area contributed by atoms with Crippen molar-refractivity contribution in [2.24, 2.45) is 0 Å². The van der Waals surface area contributed by atoms with E-state index in [0.29, 0.717) is 33.1 Å². The van der Waals surface area contributed by atoms with E-state index in [1.54, 1.807) is 13.0 Å². The first-order valence-corrected chi connectivity index (χ1v) is 9.82. The molecule has 0 fully saturated rings. The first-order chi connectivity index (χ1) is 13.7. The highest BCUT2D eigenvalue weighted by molar-refractivity contribution is 6.42. The normalized spacial score (nSPS) is 18.1. The summed E-state index contributed by atoms with van der Waals surface area (Å²) in [5.41, 5.74) is 2.25. The van der Waals surface area contributed by atoms with Crippen molar-refractivity contribution >= 4 is 34.8 Å². The van der Waals surface area contributed by atoms with Gasteiger partial charge >= 0.3 is 5.91 Å². The summed E-state index contributed by atoms with van der Waals surface area (Å²) in [6.07, 6.45) is 1.14. The molecule has 0 saturated heterocycles. The van der Waals surface area contributed by atoms with E-state index in [4.69, 9.17) is 23.2 Å². The fraction of sp³-hybridized carbons (Fsp3) is 0.350. The second-order valence-corrected chi connectivity index (χ2v) is 8.11. The number of nitrogens with zero attached hydrogens (tertiary/aromatic N) is 3. The van der Waals surface area contributed by atoms with Crippen LogP contribution in [0.3, 0.4) is 0 Å². The molecule has 1 aromatic heterocycles. The van der Waals surface area contributed by atoms with Crippen LogP contribution in [0.2, 0.25) is 10.0 Å². The molecule has 1 amide bonds. The summed E-state index contributed by atoms with van der Waals surface area (Å²) in [4.78, 5) is 13.0. The van der Waals surface area contributed by atoms with Gasteiger partial charge in [0.1, 0.15) is 5.69 Å². The molecule has 9 heteroatoms. The third-order valence-corrected chi connectivity index (χ3v) is 6.03. The van der Waals surface area contributed by atoms with Gasteiger partial charge in [-0.05, 0) is 23.8 Å². The number of rotatable bonds is 2. The van der Waals surface area contributed by atoms with E-state index in [2.05, 4.69) is 5.10 Å². The van der Waals surface area contributed by atoms with Gasteiger partial charge in [-0.1, -0.05) is 29.3 Å². The van der Waals surface area contributed by atoms with Crippen LogP contribution in [0, 0.1) is 0 Å². The summed E-state index contributed by atoms with van der Waals surface area (Å²) in [7, 11) is 0. The Labute approximate surface area is 175 Å². The molecule has 0 atom stereocenters. The molecule has 2 aromatic rings. The Bertz CT molecular complexity index is 1090. The number of allylic oxidation sites excluding steroid dienone is 1. The molecule has 2 aliphatic rings. The van der Waals surface area contributed by atoms with E-state index in [1.165, 1.54) is 27.5 Å². The maximum atomic E-state index is 14.9. The Kier molecular flexibility index (Phi) is 5.09. The van der Waals surface area contributed by atoms with Crippen LogP contribution in [0.5, 0.6) is 0 Å². The Balaban J connectivity index is 1.74. The van der Waals surface area contributed by atoms with Crippen molar-refractivity contribution in [1.29, 1.82) is 0 Å². The second-order valence-electron chi connectivity index (χ2n) is 7.29. The number of hydrogen-bond donors (Lipinski definition) is 1. The summed E-state index contributed by atoms with van der Waals surface area (Å²) in [6, 6.07) is 4.56. The van der Waals surface area contributed by atoms with Crippen LogP contribution < -0.4 is 0 Å². The van der Waals surface area contributed by atoms with Gasteiger partial charge in [-0.3, -0.25) is 4.68 Å². The monoisotopic (exact) mass is 440 g/mol. The highest BCUT2D eigenvalue weighted by Gasteiger charge is 2.44. The van der Waals surface area contributed by atoms with Crippen LogP contribution in [0.25, 0.3) is 0 Å². The Hall–Kier alpha value is -2.09. The van der Waals surface area contributed by atoms with Crippen LogP contribution in [0.1, 0.15) is 40.7 Å². The predicted octanol–water partition coefficient (Wildman–Crippen LogP) is 3.97. The third-order valence-electron chi connectivity index (χ3n) is 5.30. The number of fused-ring (bicyclic) bond motifs is 3. The summed E-state index contributed by atoms with van der Waals surface area (Å²) in [5.74, 6) is -3.47. The standard InChI is InChI=1S/C20H18Cl2F2N3O2/c1-11-6-17-14(9-26(11)19(29)13-2-3-15(21)16(22)7-13)18-20(23,24)5-4-12(10-28)8-27(18)25-17/h2-4,7,28H,5-6,8-10H2,1H3/q+1. The SMILES string of the molecule is CC1=[N+](C(=O)c2ccc(Cl)c(Cl)c2)Cc2c(nn3c2C(F)(F)CC=C(CO)C3)C1. The zero-order valence-corrected chi connectivity index (χ0v) is 17.1. The second kappa shape index (κ2) is 7.31. The predicted molar refractivity (Wildman–Crippen MR) is 105 cm³/mol. The van der Waals surface area contributed by atoms with Gasteiger partial charge in [0.15, 0.2) is 12.3 Å². The molecule has 0 radical (unpaired) electrons. The van der Waals surface area contributed by atoms with E-state index in [1.807, 2.05) is 0 Å². The molecule has 5 nitrogen and oxygen atoms in total. The maximum absolute atomic E-state index is 14.9. The lowest BCUT2D eigenvalue weighted by Crippen LogP contribution is -2.32. The van der Waals surface area contributed by atoms with Crippen molar-refractivity contribution in [2.75, 3.05) is 6.61 Å². The molecule has 0 unspecified atom stereocenters. The highest BCUT2D eigenvalue weighted by atomic mass is 35.5. The largest absolute Gasteiger partial charge is 0.419 e. The molecule has 1 N–H and O–H groups in total. The fourth-order valence-electron chi connectivity index (χ4n) is 3.78. The zero-order chi connectivity index (χ0) is 20.9. The first kappa shape index (κ1) is 20.2. The van der Waals surface area contributed by atoms with Gasteiger partial charge in [-0.25, -0.2) is 4.79 Å². The number of amides is 1. The van der Waals surface area contributed by atoms with Gasteiger partial charge in [0.2, 0.25) is 0 Å². The fourth-order valence-corrected chi connectivity index (χ4v) is 4.08. The van der Waals surface area contributed by atoms with Crippen molar-refractivity contribution in [3.05, 3.63) is 62.4 Å². The molecular formula is C20H18Cl2F2N3O2+. The van der Waals surface area contributed by atoms with Crippen molar-refractivity contribution in [3.8, 4) is 0 Å². The highest BCUT2D eigenvalue weighted by Crippen LogP contribution is 2.39. The molecule has 0 aliphatic carbocycles. The number of benzene rings is 1. The van der Waals surface area contributed by atoms with Gasteiger partial charge in [0, 0.05) is 13.3 Å². The number of halogens is 4. The molecule has 0 saturated carbocycles. The molecule has 1 aromatic carbocycles. The van der Waals surface area contributed by atoms with Crippen molar-refractivity contribution < 1.29 is 23.3 Å².